The zero-order valence-electron chi connectivity index (χ0n) is 1.53. The molecule has 0 saturated carbocycles. The Bertz CT molecular complexity index is 8.00. The fourth-order valence-electron chi connectivity index (χ4n) is 0. The van der Waals surface area contributed by atoms with Gasteiger partial charge in [-0.3, -0.25) is 0 Å². The number of rotatable bonds is 0. The molecule has 0 aliphatic carbocycles. The average Bonchev–Trinajstić information content (AvgIpc) is 1.50. The molecular weight excluding hydrogens is 148 g/mol. The summed E-state index contributed by atoms with van der Waals surface area (Å²) in [6, 6.07) is 0. The van der Waals surface area contributed by atoms with Gasteiger partial charge in [0.15, 0.2) is 0 Å². The average molecular weight is 148 g/mol. The first-order chi connectivity index (χ1) is 2.00. The molecule has 4 heteroatoms. The van der Waals surface area contributed by atoms with Crippen LogP contribution in [0.5, 0.6) is 0 Å². The van der Waals surface area contributed by atoms with Crippen LogP contribution in [-0.4, -0.2) is 0 Å². The molecule has 0 spiro atoms. The first-order valence-electron chi connectivity index (χ1n) is 0.290. The first kappa shape index (κ1) is 8.82. The number of hydrogen-bond acceptors (Lipinski definition) is 2. The van der Waals surface area contributed by atoms with Crippen LogP contribution in [0.25, 0.3) is 0 Å². The summed E-state index contributed by atoms with van der Waals surface area (Å²) in [4.78, 5) is 0. The Morgan fingerprint density at radius 3 is 1.25 bits per heavy atom. The van der Waals surface area contributed by atoms with Crippen LogP contribution < -0.4 is 0 Å². The molecule has 0 aliphatic heterocycles. The maximum absolute atomic E-state index is 8.12. The molecule has 0 aromatic heterocycles. The van der Waals surface area contributed by atoms with Gasteiger partial charge in [0.2, 0.25) is 0 Å². The quantitative estimate of drug-likeness (QED) is 0.443. The van der Waals surface area contributed by atoms with Crippen LogP contribution in [0.2, 0.25) is 0 Å². The van der Waals surface area contributed by atoms with Gasteiger partial charge in [-0.2, -0.15) is 0 Å². The predicted molar refractivity (Wildman–Crippen MR) is 1.37 cm³/mol. The van der Waals surface area contributed by atoms with Crippen LogP contribution >= 0.6 is 0 Å². The van der Waals surface area contributed by atoms with Crippen LogP contribution in [-0.2, 0) is 39.8 Å². The van der Waals surface area contributed by atoms with Crippen LogP contribution in [0, 0.1) is 0 Å². The van der Waals surface area contributed by atoms with E-state index >= 15 is 0 Å². The molecule has 0 atom stereocenters. The van der Waals surface area contributed by atoms with Crippen molar-refractivity contribution in [1.29, 1.82) is 0 Å². The standard InChI is InChI=1S/Cr.Cu.2O. The van der Waals surface area contributed by atoms with Gasteiger partial charge in [0.25, 0.3) is 0 Å². The second kappa shape index (κ2) is 60.4. The summed E-state index contributed by atoms with van der Waals surface area (Å²) in [6.07, 6.45) is 0. The minimum atomic E-state index is 1.38. The molecule has 0 rings (SSSR count). The summed E-state index contributed by atoms with van der Waals surface area (Å²) in [6.45, 7) is 0. The molecule has 0 radical (unpaired) electrons. The van der Waals surface area contributed by atoms with E-state index < -0.39 is 0 Å². The van der Waals surface area contributed by atoms with Crippen molar-refractivity contribution in [2.24, 2.45) is 0 Å². The summed E-state index contributed by atoms with van der Waals surface area (Å²) >= 11 is 4.31. The van der Waals surface area contributed by atoms with Crippen molar-refractivity contribution in [3.8, 4) is 0 Å². The molecule has 29 valence electrons. The van der Waals surface area contributed by atoms with Crippen molar-refractivity contribution >= 4 is 0 Å². The Hall–Kier alpha value is 0.652. The molecule has 4 heavy (non-hydrogen) atoms. The summed E-state index contributed by atoms with van der Waals surface area (Å²) < 4.78 is 15.9. The summed E-state index contributed by atoms with van der Waals surface area (Å²) in [5, 5.41) is 0. The third-order valence-electron chi connectivity index (χ3n) is 0. The van der Waals surface area contributed by atoms with Gasteiger partial charge in [-0.25, -0.2) is 0 Å². The van der Waals surface area contributed by atoms with Gasteiger partial charge in [0.1, 0.15) is 0 Å². The van der Waals surface area contributed by atoms with E-state index in [2.05, 4.69) is 15.9 Å². The third-order valence-corrected chi connectivity index (χ3v) is 0. The molecule has 0 N–H and O–H groups in total. The van der Waals surface area contributed by atoms with Gasteiger partial charge >= 0.3 is 39.8 Å². The van der Waals surface area contributed by atoms with E-state index in [0.29, 0.717) is 0 Å². The van der Waals surface area contributed by atoms with E-state index in [0.717, 1.165) is 0 Å². The monoisotopic (exact) mass is 147 g/mol. The van der Waals surface area contributed by atoms with Crippen molar-refractivity contribution in [2.75, 3.05) is 0 Å². The Morgan fingerprint density at radius 1 is 1.25 bits per heavy atom. The van der Waals surface area contributed by atoms with E-state index in [9.17, 15) is 0 Å². The summed E-state index contributed by atoms with van der Waals surface area (Å²) in [7, 11) is 0. The van der Waals surface area contributed by atoms with Crippen molar-refractivity contribution in [2.45, 2.75) is 0 Å². The van der Waals surface area contributed by atoms with Gasteiger partial charge in [0, 0.05) is 0 Å². The zero-order chi connectivity index (χ0) is 4.00. The van der Waals surface area contributed by atoms with Crippen LogP contribution in [0.1, 0.15) is 0 Å². The third kappa shape index (κ3) is 17.0. The molecular formula is CrCuO2. The molecule has 0 unspecified atom stereocenters. The second-order valence-electron chi connectivity index (χ2n) is 0. The van der Waals surface area contributed by atoms with Gasteiger partial charge in [-0.05, 0) is 0 Å². The predicted octanol–water partition coefficient (Wildman–Crippen LogP) is -0.243. The molecule has 0 aromatic rings. The van der Waals surface area contributed by atoms with Gasteiger partial charge in [-0.15, -0.1) is 0 Å². The Balaban J connectivity index is 0. The van der Waals surface area contributed by atoms with Crippen molar-refractivity contribution in [3.05, 3.63) is 0 Å². The molecule has 0 amide bonds. The van der Waals surface area contributed by atoms with Gasteiger partial charge in [0.05, 0.1) is 0 Å². The summed E-state index contributed by atoms with van der Waals surface area (Å²) in [5.74, 6) is 0. The Kier molecular flexibility index (Phi) is 133. The minimum absolute atomic E-state index is 1.38. The van der Waals surface area contributed by atoms with Crippen molar-refractivity contribution in [1.82, 2.24) is 0 Å². The molecule has 0 saturated heterocycles. The SMILES string of the molecule is [O]=[Cr].[O]=[Cu]. The number of hydrogen-bond donors (Lipinski definition) is 0. The molecule has 0 fully saturated rings. The fraction of sp³-hybridized carbons (Fsp3) is 0. The van der Waals surface area contributed by atoms with Crippen LogP contribution in [0.15, 0.2) is 0 Å². The van der Waals surface area contributed by atoms with Crippen LogP contribution in [0.4, 0.5) is 0 Å². The van der Waals surface area contributed by atoms with E-state index in [4.69, 9.17) is 7.64 Å². The van der Waals surface area contributed by atoms with E-state index in [1.807, 2.05) is 0 Å². The normalized spacial score (nSPS) is 2.50. The summed E-state index contributed by atoms with van der Waals surface area (Å²) in [5.41, 5.74) is 0. The molecule has 0 bridgehead atoms. The maximum atomic E-state index is 8.12. The Morgan fingerprint density at radius 2 is 1.25 bits per heavy atom. The molecule has 2 nitrogen and oxygen atoms in total. The van der Waals surface area contributed by atoms with Crippen LogP contribution in [0.3, 0.4) is 0 Å². The first-order valence-corrected chi connectivity index (χ1v) is 1.19. The topological polar surface area (TPSA) is 34.1 Å². The van der Waals surface area contributed by atoms with E-state index in [1.165, 1.54) is 16.2 Å². The molecule has 0 aliphatic rings. The Labute approximate surface area is 40.2 Å². The zero-order valence-corrected chi connectivity index (χ0v) is 3.74. The fourth-order valence-corrected chi connectivity index (χ4v) is 0. The van der Waals surface area contributed by atoms with Gasteiger partial charge in [-0.1, -0.05) is 0 Å². The van der Waals surface area contributed by atoms with Gasteiger partial charge < -0.3 is 0 Å². The van der Waals surface area contributed by atoms with E-state index in [1.54, 1.807) is 0 Å². The van der Waals surface area contributed by atoms with E-state index in [-0.39, 0.29) is 0 Å². The van der Waals surface area contributed by atoms with Crippen molar-refractivity contribution in [3.63, 3.8) is 0 Å². The second-order valence-corrected chi connectivity index (χ2v) is 0. The van der Waals surface area contributed by atoms with Crippen molar-refractivity contribution < 1.29 is 39.8 Å². The molecule has 0 heterocycles. The molecule has 0 aromatic carbocycles.